The number of ether oxygens (including phenoxy) is 1. The summed E-state index contributed by atoms with van der Waals surface area (Å²) in [5, 5.41) is 0. The summed E-state index contributed by atoms with van der Waals surface area (Å²) >= 11 is 0. The first kappa shape index (κ1) is 13.8. The van der Waals surface area contributed by atoms with E-state index in [1.54, 1.807) is 17.0 Å². The molecule has 0 bridgehead atoms. The standard InChI is InChI=1S/C14H19FN2O2/c1-19-14(18)17-7-6-13(11(8-16)9-17)10-2-4-12(15)5-3-10/h2-5,11,13H,6-9,16H2,1H3. The molecule has 4 nitrogen and oxygen atoms in total. The molecule has 0 radical (unpaired) electrons. The lowest BCUT2D eigenvalue weighted by Crippen LogP contribution is -2.45. The van der Waals surface area contributed by atoms with Crippen LogP contribution in [0.5, 0.6) is 0 Å². The minimum absolute atomic E-state index is 0.179. The number of hydrogen-bond donors (Lipinski definition) is 1. The predicted octanol–water partition coefficient (Wildman–Crippen LogP) is 1.96. The minimum atomic E-state index is -0.309. The molecule has 2 N–H and O–H groups in total. The van der Waals surface area contributed by atoms with Gasteiger partial charge in [0.15, 0.2) is 0 Å². The number of piperidine rings is 1. The Labute approximate surface area is 112 Å². The molecule has 0 spiro atoms. The van der Waals surface area contributed by atoms with E-state index in [4.69, 9.17) is 10.5 Å². The Balaban J connectivity index is 2.11. The van der Waals surface area contributed by atoms with Crippen molar-refractivity contribution in [2.75, 3.05) is 26.7 Å². The zero-order chi connectivity index (χ0) is 13.8. The summed E-state index contributed by atoms with van der Waals surface area (Å²) in [6.45, 7) is 1.73. The van der Waals surface area contributed by atoms with Crippen molar-refractivity contribution in [2.24, 2.45) is 11.7 Å². The molecule has 19 heavy (non-hydrogen) atoms. The second-order valence-electron chi connectivity index (χ2n) is 4.86. The first-order chi connectivity index (χ1) is 9.15. The van der Waals surface area contributed by atoms with Crippen LogP contribution in [-0.2, 0) is 4.74 Å². The highest BCUT2D eigenvalue weighted by Gasteiger charge is 2.31. The van der Waals surface area contributed by atoms with Gasteiger partial charge in [-0.3, -0.25) is 0 Å². The molecule has 1 aliphatic heterocycles. The van der Waals surface area contributed by atoms with Crippen LogP contribution in [0.15, 0.2) is 24.3 Å². The van der Waals surface area contributed by atoms with E-state index in [9.17, 15) is 9.18 Å². The maximum absolute atomic E-state index is 13.0. The normalized spacial score (nSPS) is 23.2. The molecule has 104 valence electrons. The summed E-state index contributed by atoms with van der Waals surface area (Å²) in [6.07, 6.45) is 0.513. The van der Waals surface area contributed by atoms with Gasteiger partial charge in [-0.15, -0.1) is 0 Å². The zero-order valence-corrected chi connectivity index (χ0v) is 11.0. The lowest BCUT2D eigenvalue weighted by molar-refractivity contribution is 0.0970. The van der Waals surface area contributed by atoms with Crippen LogP contribution in [0.1, 0.15) is 17.9 Å². The summed E-state index contributed by atoms with van der Waals surface area (Å²) in [7, 11) is 1.38. The van der Waals surface area contributed by atoms with Crippen molar-refractivity contribution in [3.05, 3.63) is 35.6 Å². The zero-order valence-electron chi connectivity index (χ0n) is 11.0. The molecule has 0 aromatic heterocycles. The van der Waals surface area contributed by atoms with Gasteiger partial charge in [-0.2, -0.15) is 0 Å². The van der Waals surface area contributed by atoms with Crippen LogP contribution in [0.25, 0.3) is 0 Å². The number of rotatable bonds is 2. The van der Waals surface area contributed by atoms with Gasteiger partial charge in [-0.1, -0.05) is 12.1 Å². The molecule has 1 heterocycles. The van der Waals surface area contributed by atoms with E-state index in [0.29, 0.717) is 19.6 Å². The monoisotopic (exact) mass is 266 g/mol. The van der Waals surface area contributed by atoms with Gasteiger partial charge in [0.2, 0.25) is 0 Å². The lowest BCUT2D eigenvalue weighted by Gasteiger charge is -2.37. The van der Waals surface area contributed by atoms with E-state index < -0.39 is 0 Å². The van der Waals surface area contributed by atoms with E-state index in [2.05, 4.69) is 0 Å². The van der Waals surface area contributed by atoms with Crippen molar-refractivity contribution >= 4 is 6.09 Å². The number of hydrogen-bond acceptors (Lipinski definition) is 3. The van der Waals surface area contributed by atoms with Gasteiger partial charge in [0.25, 0.3) is 0 Å². The van der Waals surface area contributed by atoms with Crippen molar-refractivity contribution < 1.29 is 13.9 Å². The van der Waals surface area contributed by atoms with Crippen LogP contribution in [-0.4, -0.2) is 37.7 Å². The average Bonchev–Trinajstić information content (AvgIpc) is 2.46. The third-order valence-corrected chi connectivity index (χ3v) is 3.77. The Morgan fingerprint density at radius 2 is 2.16 bits per heavy atom. The molecule has 5 heteroatoms. The van der Waals surface area contributed by atoms with Crippen LogP contribution >= 0.6 is 0 Å². The molecule has 2 unspecified atom stereocenters. The molecular weight excluding hydrogens is 247 g/mol. The average molecular weight is 266 g/mol. The topological polar surface area (TPSA) is 55.6 Å². The van der Waals surface area contributed by atoms with Gasteiger partial charge in [0, 0.05) is 13.1 Å². The molecule has 1 fully saturated rings. The number of benzene rings is 1. The summed E-state index contributed by atoms with van der Waals surface area (Å²) in [5.74, 6) is 0.213. The number of amides is 1. The number of methoxy groups -OCH3 is 1. The van der Waals surface area contributed by atoms with Gasteiger partial charge >= 0.3 is 6.09 Å². The number of carbonyl (C=O) groups is 1. The van der Waals surface area contributed by atoms with Gasteiger partial charge in [-0.05, 0) is 42.5 Å². The van der Waals surface area contributed by atoms with Gasteiger partial charge in [-0.25, -0.2) is 9.18 Å². The molecule has 1 saturated heterocycles. The van der Waals surface area contributed by atoms with E-state index in [0.717, 1.165) is 12.0 Å². The van der Waals surface area contributed by atoms with Gasteiger partial charge < -0.3 is 15.4 Å². The number of nitrogens with zero attached hydrogens (tertiary/aromatic N) is 1. The third kappa shape index (κ3) is 3.04. The molecule has 2 atom stereocenters. The lowest BCUT2D eigenvalue weighted by atomic mass is 9.80. The highest BCUT2D eigenvalue weighted by molar-refractivity contribution is 5.67. The van der Waals surface area contributed by atoms with Crippen molar-refractivity contribution in [1.29, 1.82) is 0 Å². The van der Waals surface area contributed by atoms with Gasteiger partial charge in [0.1, 0.15) is 5.82 Å². The fourth-order valence-corrected chi connectivity index (χ4v) is 2.71. The van der Waals surface area contributed by atoms with Crippen LogP contribution in [0.4, 0.5) is 9.18 Å². The van der Waals surface area contributed by atoms with Crippen molar-refractivity contribution in [3.63, 3.8) is 0 Å². The van der Waals surface area contributed by atoms with E-state index in [1.807, 2.05) is 0 Å². The Morgan fingerprint density at radius 3 is 2.74 bits per heavy atom. The molecule has 1 aromatic carbocycles. The highest BCUT2D eigenvalue weighted by atomic mass is 19.1. The van der Waals surface area contributed by atoms with E-state index >= 15 is 0 Å². The third-order valence-electron chi connectivity index (χ3n) is 3.77. The van der Waals surface area contributed by atoms with Gasteiger partial charge in [0.05, 0.1) is 7.11 Å². The molecule has 1 aliphatic rings. The first-order valence-corrected chi connectivity index (χ1v) is 6.44. The van der Waals surface area contributed by atoms with Crippen molar-refractivity contribution in [1.82, 2.24) is 4.90 Å². The Morgan fingerprint density at radius 1 is 1.47 bits per heavy atom. The highest BCUT2D eigenvalue weighted by Crippen LogP contribution is 2.32. The number of halogens is 1. The fraction of sp³-hybridized carbons (Fsp3) is 0.500. The number of likely N-dealkylation sites (tertiary alicyclic amines) is 1. The van der Waals surface area contributed by atoms with Crippen LogP contribution in [0, 0.1) is 11.7 Å². The van der Waals surface area contributed by atoms with Crippen LogP contribution in [0.3, 0.4) is 0 Å². The molecule has 1 aromatic rings. The Bertz CT molecular complexity index is 436. The van der Waals surface area contributed by atoms with Crippen LogP contribution < -0.4 is 5.73 Å². The Kier molecular flexibility index (Phi) is 4.37. The maximum atomic E-state index is 13.0. The molecule has 1 amide bonds. The molecule has 0 saturated carbocycles. The second-order valence-corrected chi connectivity index (χ2v) is 4.86. The van der Waals surface area contributed by atoms with Crippen molar-refractivity contribution in [3.8, 4) is 0 Å². The SMILES string of the molecule is COC(=O)N1CCC(c2ccc(F)cc2)C(CN)C1. The van der Waals surface area contributed by atoms with E-state index in [-0.39, 0.29) is 23.7 Å². The summed E-state index contributed by atoms with van der Waals surface area (Å²) in [6, 6.07) is 6.54. The molecule has 2 rings (SSSR count). The molecule has 0 aliphatic carbocycles. The smallest absolute Gasteiger partial charge is 0.409 e. The number of carbonyl (C=O) groups excluding carboxylic acids is 1. The largest absolute Gasteiger partial charge is 0.453 e. The number of nitrogens with two attached hydrogens (primary N) is 1. The Hall–Kier alpha value is -1.62. The van der Waals surface area contributed by atoms with Crippen molar-refractivity contribution in [2.45, 2.75) is 12.3 Å². The molecular formula is C14H19FN2O2. The van der Waals surface area contributed by atoms with E-state index in [1.165, 1.54) is 19.2 Å². The predicted molar refractivity (Wildman–Crippen MR) is 70.3 cm³/mol. The summed E-state index contributed by atoms with van der Waals surface area (Å²) in [4.78, 5) is 13.2. The first-order valence-electron chi connectivity index (χ1n) is 6.44. The summed E-state index contributed by atoms with van der Waals surface area (Å²) in [5.41, 5.74) is 6.90. The summed E-state index contributed by atoms with van der Waals surface area (Å²) < 4.78 is 17.7. The van der Waals surface area contributed by atoms with Crippen LogP contribution in [0.2, 0.25) is 0 Å². The maximum Gasteiger partial charge on any atom is 0.409 e. The minimum Gasteiger partial charge on any atom is -0.453 e. The second kappa shape index (κ2) is 6.02. The fourth-order valence-electron chi connectivity index (χ4n) is 2.71. The quantitative estimate of drug-likeness (QED) is 0.890.